The van der Waals surface area contributed by atoms with Crippen LogP contribution in [-0.4, -0.2) is 18.4 Å². The summed E-state index contributed by atoms with van der Waals surface area (Å²) in [5.41, 5.74) is 11.4. The molecule has 0 spiro atoms. The monoisotopic (exact) mass is 667 g/mol. The summed E-state index contributed by atoms with van der Waals surface area (Å²) < 4.78 is 27.3. The maximum atomic E-state index is 13.6. The van der Waals surface area contributed by atoms with Gasteiger partial charge in [-0.05, 0) is 93.5 Å². The zero-order valence-electron chi connectivity index (χ0n) is 27.7. The topological polar surface area (TPSA) is 63.2 Å². The van der Waals surface area contributed by atoms with Gasteiger partial charge in [-0.2, -0.15) is 0 Å². The Morgan fingerprint density at radius 3 is 1.96 bits per heavy atom. The number of fused-ring (bicyclic) bond motifs is 5. The van der Waals surface area contributed by atoms with Gasteiger partial charge in [0.25, 0.3) is 0 Å². The van der Waals surface area contributed by atoms with E-state index in [0.717, 1.165) is 44.8 Å². The predicted octanol–water partition coefficient (Wildman–Crippen LogP) is 9.78. The Hall–Kier alpha value is -5.85. The number of anilines is 3. The van der Waals surface area contributed by atoms with E-state index in [1.165, 1.54) is 23.0 Å². The molecule has 2 aliphatic rings. The SMILES string of the molecule is CC1(C)c2ccccc2N(c2ccccc2)c2ccc(C3(c4ccc(S(=O)(=O)c5cccnc5)cc4)c4ccccc4-c4cnccc43)cc21. The molecule has 3 heterocycles. The molecular weight excluding hydrogens is 635 g/mol. The largest absolute Gasteiger partial charge is 0.310 e. The molecule has 1 unspecified atom stereocenters. The van der Waals surface area contributed by atoms with Crippen LogP contribution in [0.5, 0.6) is 0 Å². The third-order valence-corrected chi connectivity index (χ3v) is 12.3. The molecule has 1 aliphatic carbocycles. The van der Waals surface area contributed by atoms with Gasteiger partial charge in [0.15, 0.2) is 0 Å². The molecule has 5 nitrogen and oxygen atoms in total. The zero-order valence-corrected chi connectivity index (χ0v) is 28.5. The summed E-state index contributed by atoms with van der Waals surface area (Å²) in [5.74, 6) is 0. The lowest BCUT2D eigenvalue weighted by molar-refractivity contribution is 0.595. The Balaban J connectivity index is 1.31. The number of benzene rings is 5. The van der Waals surface area contributed by atoms with E-state index in [1.54, 1.807) is 30.5 Å². The van der Waals surface area contributed by atoms with Crippen LogP contribution in [0.15, 0.2) is 174 Å². The molecular formula is C44H33N3O2S. The summed E-state index contributed by atoms with van der Waals surface area (Å²) in [6.07, 6.45) is 6.78. The molecule has 0 saturated carbocycles. The van der Waals surface area contributed by atoms with Crippen molar-refractivity contribution in [2.75, 3.05) is 4.90 Å². The fourth-order valence-corrected chi connectivity index (χ4v) is 9.46. The molecule has 0 saturated heterocycles. The van der Waals surface area contributed by atoms with Gasteiger partial charge in [0.1, 0.15) is 0 Å². The van der Waals surface area contributed by atoms with Crippen molar-refractivity contribution in [1.82, 2.24) is 9.97 Å². The van der Waals surface area contributed by atoms with Crippen molar-refractivity contribution >= 4 is 26.9 Å². The summed E-state index contributed by atoms with van der Waals surface area (Å²) in [7, 11) is -3.75. The third-order valence-electron chi connectivity index (χ3n) is 10.6. The van der Waals surface area contributed by atoms with Crippen molar-refractivity contribution in [3.63, 3.8) is 0 Å². The first-order valence-electron chi connectivity index (χ1n) is 16.7. The van der Waals surface area contributed by atoms with E-state index >= 15 is 0 Å². The molecule has 50 heavy (non-hydrogen) atoms. The summed E-state index contributed by atoms with van der Waals surface area (Å²) in [5, 5.41) is 0. The molecule has 242 valence electrons. The Morgan fingerprint density at radius 1 is 0.520 bits per heavy atom. The van der Waals surface area contributed by atoms with Crippen LogP contribution in [0.25, 0.3) is 11.1 Å². The van der Waals surface area contributed by atoms with E-state index in [9.17, 15) is 8.42 Å². The van der Waals surface area contributed by atoms with Gasteiger partial charge in [0.05, 0.1) is 26.6 Å². The minimum atomic E-state index is -3.75. The van der Waals surface area contributed by atoms with Gasteiger partial charge in [-0.1, -0.05) is 98.8 Å². The van der Waals surface area contributed by atoms with E-state index in [-0.39, 0.29) is 15.2 Å². The molecule has 0 amide bonds. The van der Waals surface area contributed by atoms with Gasteiger partial charge in [-0.15, -0.1) is 0 Å². The van der Waals surface area contributed by atoms with E-state index < -0.39 is 15.3 Å². The Bertz CT molecular complexity index is 2480. The maximum absolute atomic E-state index is 13.6. The van der Waals surface area contributed by atoms with Gasteiger partial charge in [-0.3, -0.25) is 9.97 Å². The van der Waals surface area contributed by atoms with Crippen molar-refractivity contribution in [1.29, 1.82) is 0 Å². The average molecular weight is 668 g/mol. The first kappa shape index (κ1) is 30.2. The Morgan fingerprint density at radius 2 is 1.18 bits per heavy atom. The second-order valence-electron chi connectivity index (χ2n) is 13.5. The molecule has 1 aliphatic heterocycles. The van der Waals surface area contributed by atoms with Crippen LogP contribution in [0, 0.1) is 0 Å². The van der Waals surface area contributed by atoms with E-state index in [0.29, 0.717) is 0 Å². The van der Waals surface area contributed by atoms with E-state index in [2.05, 4.69) is 126 Å². The minimum Gasteiger partial charge on any atom is -0.310 e. The van der Waals surface area contributed by atoms with Crippen molar-refractivity contribution in [3.05, 3.63) is 198 Å². The number of hydrogen-bond donors (Lipinski definition) is 0. The van der Waals surface area contributed by atoms with Crippen molar-refractivity contribution in [2.45, 2.75) is 34.5 Å². The molecule has 7 aromatic rings. The highest BCUT2D eigenvalue weighted by Crippen LogP contribution is 2.58. The molecule has 0 N–H and O–H groups in total. The highest BCUT2D eigenvalue weighted by Gasteiger charge is 2.47. The van der Waals surface area contributed by atoms with Crippen LogP contribution in [0.2, 0.25) is 0 Å². The van der Waals surface area contributed by atoms with Crippen LogP contribution in [-0.2, 0) is 20.7 Å². The van der Waals surface area contributed by atoms with Crippen molar-refractivity contribution in [3.8, 4) is 11.1 Å². The second kappa shape index (κ2) is 11.1. The molecule has 0 bridgehead atoms. The molecule has 0 radical (unpaired) electrons. The minimum absolute atomic E-state index is 0.172. The Kier molecular flexibility index (Phi) is 6.70. The van der Waals surface area contributed by atoms with E-state index in [4.69, 9.17) is 0 Å². The van der Waals surface area contributed by atoms with Crippen LogP contribution in [0.1, 0.15) is 47.2 Å². The summed E-state index contributed by atoms with van der Waals surface area (Å²) >= 11 is 0. The van der Waals surface area contributed by atoms with Gasteiger partial charge in [0, 0.05) is 41.5 Å². The first-order chi connectivity index (χ1) is 24.3. The predicted molar refractivity (Wildman–Crippen MR) is 198 cm³/mol. The lowest BCUT2D eigenvalue weighted by Crippen LogP contribution is -2.33. The molecule has 6 heteroatoms. The number of rotatable bonds is 5. The van der Waals surface area contributed by atoms with Crippen LogP contribution >= 0.6 is 0 Å². The number of hydrogen-bond acceptors (Lipinski definition) is 5. The average Bonchev–Trinajstić information content (AvgIpc) is 3.47. The highest BCUT2D eigenvalue weighted by atomic mass is 32.2. The molecule has 2 aromatic heterocycles. The fourth-order valence-electron chi connectivity index (χ4n) is 8.23. The van der Waals surface area contributed by atoms with Crippen molar-refractivity contribution in [2.24, 2.45) is 0 Å². The smallest absolute Gasteiger partial charge is 0.208 e. The van der Waals surface area contributed by atoms with Crippen LogP contribution in [0.3, 0.4) is 0 Å². The second-order valence-corrected chi connectivity index (χ2v) is 15.4. The van der Waals surface area contributed by atoms with Crippen molar-refractivity contribution < 1.29 is 8.42 Å². The van der Waals surface area contributed by atoms with Crippen LogP contribution in [0.4, 0.5) is 17.1 Å². The maximum Gasteiger partial charge on any atom is 0.208 e. The molecule has 0 fully saturated rings. The van der Waals surface area contributed by atoms with Gasteiger partial charge in [-0.25, -0.2) is 8.42 Å². The van der Waals surface area contributed by atoms with Crippen LogP contribution < -0.4 is 4.90 Å². The lowest BCUT2D eigenvalue weighted by atomic mass is 9.65. The standard InChI is InChI=1S/C44H33N3O2S/c1-43(2)39-16-8-9-17-41(39)47(32-11-4-3-5-12-32)42-23-20-31(27-40(42)43)44(37-15-7-6-14-35(37)36-29-46-26-24-38(36)44)30-18-21-33(22-19-30)50(48,49)34-13-10-25-45-28-34/h3-29H,1-2H3. The fraction of sp³-hybridized carbons (Fsp3) is 0.0909. The number of nitrogens with zero attached hydrogens (tertiary/aromatic N) is 3. The number of sulfone groups is 1. The highest BCUT2D eigenvalue weighted by molar-refractivity contribution is 7.91. The quantitative estimate of drug-likeness (QED) is 0.183. The summed E-state index contributed by atoms with van der Waals surface area (Å²) in [4.78, 5) is 11.4. The van der Waals surface area contributed by atoms with Gasteiger partial charge < -0.3 is 4.90 Å². The summed E-state index contributed by atoms with van der Waals surface area (Å²) in [6, 6.07) is 47.4. The zero-order chi connectivity index (χ0) is 34.1. The number of aromatic nitrogens is 2. The first-order valence-corrected chi connectivity index (χ1v) is 18.2. The van der Waals surface area contributed by atoms with E-state index in [1.807, 2.05) is 30.6 Å². The van der Waals surface area contributed by atoms with Gasteiger partial charge >= 0.3 is 0 Å². The number of para-hydroxylation sites is 2. The van der Waals surface area contributed by atoms with Gasteiger partial charge in [0.2, 0.25) is 9.84 Å². The normalized spacial score (nSPS) is 17.0. The molecule has 9 rings (SSSR count). The lowest BCUT2D eigenvalue weighted by Gasteiger charge is -2.43. The number of pyridine rings is 2. The molecule has 5 aromatic carbocycles. The summed E-state index contributed by atoms with van der Waals surface area (Å²) in [6.45, 7) is 4.62. The third kappa shape index (κ3) is 4.21. The molecule has 1 atom stereocenters. The Labute approximate surface area is 292 Å².